The highest BCUT2D eigenvalue weighted by Gasteiger charge is 2.66. The van der Waals surface area contributed by atoms with Crippen molar-refractivity contribution in [1.29, 1.82) is 0 Å². The molecule has 0 saturated carbocycles. The Balaban J connectivity index is 1.66. The van der Waals surface area contributed by atoms with Crippen LogP contribution in [0.25, 0.3) is 0 Å². The van der Waals surface area contributed by atoms with Gasteiger partial charge in [-0.3, -0.25) is 9.59 Å². The number of halogens is 1. The summed E-state index contributed by atoms with van der Waals surface area (Å²) in [5.41, 5.74) is -0.689. The summed E-state index contributed by atoms with van der Waals surface area (Å²) in [7, 11) is -6.58. The number of sulfonamides is 1. The summed E-state index contributed by atoms with van der Waals surface area (Å²) in [6.07, 6.45) is 2.73. The van der Waals surface area contributed by atoms with E-state index >= 15 is 4.79 Å². The first-order chi connectivity index (χ1) is 25.6. The van der Waals surface area contributed by atoms with Crippen LogP contribution in [0, 0.1) is 5.41 Å². The second-order valence-corrected chi connectivity index (χ2v) is 24.6. The van der Waals surface area contributed by atoms with E-state index in [1.807, 2.05) is 35.2 Å². The molecule has 4 atom stereocenters. The van der Waals surface area contributed by atoms with Crippen LogP contribution in [0.5, 0.6) is 0 Å². The number of carbonyl (C=O) groups is 2. The quantitative estimate of drug-likeness (QED) is 0.122. The number of rotatable bonds is 16. The van der Waals surface area contributed by atoms with Crippen molar-refractivity contribution >= 4 is 46.1 Å². The maximum Gasteiger partial charge on any atom is 0.308 e. The summed E-state index contributed by atoms with van der Waals surface area (Å²) in [6.45, 7) is 16.6. The molecule has 300 valence electrons. The van der Waals surface area contributed by atoms with E-state index in [0.29, 0.717) is 19.4 Å². The van der Waals surface area contributed by atoms with Gasteiger partial charge in [-0.1, -0.05) is 87.8 Å². The molecule has 0 aromatic heterocycles. The third-order valence-electron chi connectivity index (χ3n) is 12.1. The first-order valence-corrected chi connectivity index (χ1v) is 24.2. The lowest BCUT2D eigenvalue weighted by Gasteiger charge is -2.51. The van der Waals surface area contributed by atoms with Crippen LogP contribution in [-0.4, -0.2) is 88.7 Å². The van der Waals surface area contributed by atoms with Gasteiger partial charge in [0.15, 0.2) is 6.29 Å². The number of amides is 1. The molecule has 1 unspecified atom stereocenters. The maximum absolute atomic E-state index is 15.8. The van der Waals surface area contributed by atoms with Crippen molar-refractivity contribution in [1.82, 2.24) is 9.21 Å². The number of hydrogen-bond donors (Lipinski definition) is 0. The van der Waals surface area contributed by atoms with Crippen LogP contribution in [0.1, 0.15) is 99.0 Å². The van der Waals surface area contributed by atoms with Crippen molar-refractivity contribution in [2.24, 2.45) is 5.41 Å². The van der Waals surface area contributed by atoms with Gasteiger partial charge in [0.05, 0.1) is 41.6 Å². The second kappa shape index (κ2) is 18.0. The molecule has 0 N–H and O–H groups in total. The molecule has 54 heavy (non-hydrogen) atoms. The molecule has 2 aromatic carbocycles. The van der Waals surface area contributed by atoms with Crippen molar-refractivity contribution in [3.8, 4) is 0 Å². The Morgan fingerprint density at radius 1 is 0.981 bits per heavy atom. The highest BCUT2D eigenvalue weighted by atomic mass is 79.9. The molecule has 5 rings (SSSR count). The van der Waals surface area contributed by atoms with Crippen molar-refractivity contribution in [3.63, 3.8) is 0 Å². The molecule has 1 spiro atoms. The van der Waals surface area contributed by atoms with Crippen molar-refractivity contribution in [2.75, 3.05) is 32.9 Å². The summed E-state index contributed by atoms with van der Waals surface area (Å²) in [4.78, 5) is 31.5. The third kappa shape index (κ3) is 8.87. The van der Waals surface area contributed by atoms with Crippen LogP contribution in [0.2, 0.25) is 16.6 Å². The zero-order valence-electron chi connectivity index (χ0n) is 33.2. The molecule has 0 radical (unpaired) electrons. The minimum atomic E-state index is -3.99. The molecule has 0 aliphatic carbocycles. The van der Waals surface area contributed by atoms with Crippen molar-refractivity contribution in [2.45, 2.75) is 139 Å². The molecular weight excluding hydrogens is 789 g/mol. The van der Waals surface area contributed by atoms with Gasteiger partial charge in [0, 0.05) is 30.7 Å². The van der Waals surface area contributed by atoms with Gasteiger partial charge in [-0.25, -0.2) is 8.42 Å². The van der Waals surface area contributed by atoms with E-state index in [-0.39, 0.29) is 79.4 Å². The normalized spacial score (nSPS) is 25.7. The zero-order chi connectivity index (χ0) is 39.3. The van der Waals surface area contributed by atoms with E-state index < -0.39 is 41.4 Å². The smallest absolute Gasteiger partial charge is 0.308 e. The van der Waals surface area contributed by atoms with E-state index in [2.05, 4.69) is 57.5 Å². The van der Waals surface area contributed by atoms with E-state index in [4.69, 9.17) is 18.6 Å². The summed E-state index contributed by atoms with van der Waals surface area (Å²) in [5.74, 6) is -0.596. The average molecular weight is 850 g/mol. The molecule has 13 heteroatoms. The Hall–Kier alpha value is -2.13. The Kier molecular flexibility index (Phi) is 14.3. The fourth-order valence-corrected chi connectivity index (χ4v) is 17.1. The summed E-state index contributed by atoms with van der Waals surface area (Å²) in [5, 5.41) is 0. The number of hydrogen-bond acceptors (Lipinski definition) is 8. The summed E-state index contributed by atoms with van der Waals surface area (Å²) < 4.78 is 56.6. The van der Waals surface area contributed by atoms with Gasteiger partial charge in [0.2, 0.25) is 24.2 Å². The molecule has 10 nitrogen and oxygen atoms in total. The minimum absolute atomic E-state index is 0.0522. The standard InChI is InChI=1S/C41H61BrN2O8SSi/c1-8-49-37(45)26-40(22-25-51-38-16-12-13-24-50-38)28-41(39(46)44(40)27-33-14-10-9-11-15-33)29-43(53(47,48)35-19-17-34(42)18-20-35)23-21-36(41)52-54(30(2)3,31(4)5)32(6)7/h9-11,14-15,17-20,30-32,36,38H,8,12-13,16,21-29H2,1-7H3/t36-,38?,40-,41+/m1/s1. The number of carbonyl (C=O) groups excluding carboxylic acids is 2. The van der Waals surface area contributed by atoms with Gasteiger partial charge in [0.25, 0.3) is 0 Å². The number of likely N-dealkylation sites (tertiary alicyclic amines) is 1. The van der Waals surface area contributed by atoms with E-state index in [9.17, 15) is 13.2 Å². The van der Waals surface area contributed by atoms with Crippen LogP contribution >= 0.6 is 15.9 Å². The number of nitrogens with zero attached hydrogens (tertiary/aromatic N) is 2. The highest BCUT2D eigenvalue weighted by Crippen LogP contribution is 2.55. The predicted octanol–water partition coefficient (Wildman–Crippen LogP) is 8.45. The van der Waals surface area contributed by atoms with Crippen molar-refractivity contribution < 1.29 is 36.6 Å². The Labute approximate surface area is 332 Å². The first-order valence-electron chi connectivity index (χ1n) is 19.8. The fraction of sp³-hybridized carbons (Fsp3) is 0.659. The Morgan fingerprint density at radius 2 is 1.65 bits per heavy atom. The zero-order valence-corrected chi connectivity index (χ0v) is 36.6. The molecule has 1 amide bonds. The van der Waals surface area contributed by atoms with Gasteiger partial charge in [-0.05, 0) is 91.9 Å². The number of benzene rings is 2. The van der Waals surface area contributed by atoms with Gasteiger partial charge in [-0.2, -0.15) is 4.31 Å². The van der Waals surface area contributed by atoms with Crippen LogP contribution in [0.3, 0.4) is 0 Å². The van der Waals surface area contributed by atoms with Gasteiger partial charge < -0.3 is 23.5 Å². The van der Waals surface area contributed by atoms with Crippen molar-refractivity contribution in [3.05, 3.63) is 64.6 Å². The molecule has 0 bridgehead atoms. The molecular formula is C41H61BrN2O8SSi. The number of ether oxygens (including phenoxy) is 3. The molecule has 3 aliphatic heterocycles. The summed E-state index contributed by atoms with van der Waals surface area (Å²) in [6, 6.07) is 16.4. The molecule has 3 saturated heterocycles. The highest BCUT2D eigenvalue weighted by molar-refractivity contribution is 9.10. The maximum atomic E-state index is 15.8. The third-order valence-corrected chi connectivity index (χ3v) is 20.6. The topological polar surface area (TPSA) is 112 Å². The predicted molar refractivity (Wildman–Crippen MR) is 216 cm³/mol. The van der Waals surface area contributed by atoms with Crippen LogP contribution < -0.4 is 0 Å². The minimum Gasteiger partial charge on any atom is -0.466 e. The Bertz CT molecular complexity index is 1650. The molecule has 3 heterocycles. The van der Waals surface area contributed by atoms with Gasteiger partial charge in [-0.15, -0.1) is 0 Å². The lowest BCUT2D eigenvalue weighted by Crippen LogP contribution is -2.61. The van der Waals surface area contributed by atoms with Crippen LogP contribution in [-0.2, 0) is 44.8 Å². The van der Waals surface area contributed by atoms with Crippen LogP contribution in [0.4, 0.5) is 0 Å². The van der Waals surface area contributed by atoms with Crippen LogP contribution in [0.15, 0.2) is 64.0 Å². The molecule has 2 aromatic rings. The lowest BCUT2D eigenvalue weighted by molar-refractivity contribution is -0.168. The van der Waals surface area contributed by atoms with E-state index in [0.717, 1.165) is 29.3 Å². The molecule has 3 aliphatic rings. The number of esters is 1. The SMILES string of the molecule is CCOC(=O)C[C@]1(CCOC2CCCCO2)C[C@@]2(CN(S(=O)(=O)c3ccc(Br)cc3)CC[C@H]2O[Si](C(C)C)(C(C)C)C(C)C)C(=O)N1Cc1ccccc1. The largest absolute Gasteiger partial charge is 0.466 e. The average Bonchev–Trinajstić information content (AvgIpc) is 3.34. The van der Waals surface area contributed by atoms with Gasteiger partial charge >= 0.3 is 5.97 Å². The monoisotopic (exact) mass is 848 g/mol. The lowest BCUT2D eigenvalue weighted by atomic mass is 9.71. The number of piperidine rings is 1. The van der Waals surface area contributed by atoms with E-state index in [1.165, 1.54) is 4.31 Å². The van der Waals surface area contributed by atoms with E-state index in [1.54, 1.807) is 31.2 Å². The second-order valence-electron chi connectivity index (χ2n) is 16.3. The summed E-state index contributed by atoms with van der Waals surface area (Å²) >= 11 is 3.43. The fourth-order valence-electron chi connectivity index (χ4n) is 9.62. The first kappa shape index (κ1) is 43.0. The molecule has 3 fully saturated rings. The van der Waals surface area contributed by atoms with Gasteiger partial charge in [0.1, 0.15) is 0 Å². The Morgan fingerprint density at radius 3 is 2.24 bits per heavy atom.